The molecule has 2 amide bonds. The van der Waals surface area contributed by atoms with Gasteiger partial charge >= 0.3 is 0 Å². The number of aromatic amines is 1. The molecule has 0 saturated carbocycles. The molecular weight excluding hydrogens is 318 g/mol. The summed E-state index contributed by atoms with van der Waals surface area (Å²) in [5.74, 6) is -0.307. The maximum Gasteiger partial charge on any atom is 0.270 e. The number of hydrogen-bond acceptors (Lipinski definition) is 3. The van der Waals surface area contributed by atoms with Gasteiger partial charge in [-0.05, 0) is 38.0 Å². The van der Waals surface area contributed by atoms with Gasteiger partial charge in [-0.2, -0.15) is 0 Å². The van der Waals surface area contributed by atoms with Crippen molar-refractivity contribution in [1.29, 1.82) is 0 Å². The van der Waals surface area contributed by atoms with Crippen molar-refractivity contribution >= 4 is 23.3 Å². The third-order valence-corrected chi connectivity index (χ3v) is 4.51. The Morgan fingerprint density at radius 2 is 1.80 bits per heavy atom. The van der Waals surface area contributed by atoms with Crippen molar-refractivity contribution in [1.82, 2.24) is 9.88 Å². The normalized spacial score (nSPS) is 15.0. The first-order valence-corrected chi connectivity index (χ1v) is 8.39. The summed E-state index contributed by atoms with van der Waals surface area (Å²) in [4.78, 5) is 40.7. The standard InChI is InChI=1S/C19H21N3O3/c1-13(23)15-11-17(20-12-15)19(25)22-9-7-14(8-10-22)18(24)21-16-5-3-2-4-6-16/h2-6,11-12,14,20H,7-10H2,1H3,(H,21,24). The van der Waals surface area contributed by atoms with E-state index >= 15 is 0 Å². The van der Waals surface area contributed by atoms with Crippen molar-refractivity contribution in [3.8, 4) is 0 Å². The van der Waals surface area contributed by atoms with Crippen molar-refractivity contribution in [2.75, 3.05) is 18.4 Å². The molecule has 130 valence electrons. The number of H-pyrrole nitrogens is 1. The van der Waals surface area contributed by atoms with E-state index in [2.05, 4.69) is 10.3 Å². The lowest BCUT2D eigenvalue weighted by Crippen LogP contribution is -2.41. The zero-order chi connectivity index (χ0) is 17.8. The molecule has 0 unspecified atom stereocenters. The number of nitrogens with one attached hydrogen (secondary N) is 2. The van der Waals surface area contributed by atoms with Crippen LogP contribution in [-0.2, 0) is 4.79 Å². The number of para-hydroxylation sites is 1. The minimum absolute atomic E-state index is 0.00274. The van der Waals surface area contributed by atoms with Gasteiger partial charge in [-0.15, -0.1) is 0 Å². The quantitative estimate of drug-likeness (QED) is 0.840. The van der Waals surface area contributed by atoms with E-state index in [9.17, 15) is 14.4 Å². The fourth-order valence-electron chi connectivity index (χ4n) is 3.00. The SMILES string of the molecule is CC(=O)c1c[nH]c(C(=O)N2CCC(C(=O)Nc3ccccc3)CC2)c1. The lowest BCUT2D eigenvalue weighted by atomic mass is 9.95. The number of rotatable bonds is 4. The van der Waals surface area contributed by atoms with E-state index < -0.39 is 0 Å². The maximum atomic E-state index is 12.5. The largest absolute Gasteiger partial charge is 0.356 e. The van der Waals surface area contributed by atoms with Crippen LogP contribution >= 0.6 is 0 Å². The number of Topliss-reactive ketones (excluding diaryl/α,β-unsaturated/α-hetero) is 1. The topological polar surface area (TPSA) is 82.3 Å². The van der Waals surface area contributed by atoms with Crippen LogP contribution in [0.4, 0.5) is 5.69 Å². The number of amides is 2. The lowest BCUT2D eigenvalue weighted by Gasteiger charge is -2.31. The second-order valence-corrected chi connectivity index (χ2v) is 6.28. The van der Waals surface area contributed by atoms with Crippen LogP contribution in [0.25, 0.3) is 0 Å². The molecule has 1 fully saturated rings. The summed E-state index contributed by atoms with van der Waals surface area (Å²) in [5, 5.41) is 2.92. The summed E-state index contributed by atoms with van der Waals surface area (Å²) in [6.07, 6.45) is 2.81. The van der Waals surface area contributed by atoms with E-state index in [-0.39, 0.29) is 23.5 Å². The van der Waals surface area contributed by atoms with Crippen molar-refractivity contribution in [3.05, 3.63) is 53.9 Å². The van der Waals surface area contributed by atoms with E-state index in [1.165, 1.54) is 6.92 Å². The van der Waals surface area contributed by atoms with Gasteiger partial charge in [-0.3, -0.25) is 14.4 Å². The molecule has 0 bridgehead atoms. The molecule has 1 aromatic carbocycles. The highest BCUT2D eigenvalue weighted by molar-refractivity contribution is 5.99. The molecule has 0 atom stereocenters. The molecule has 2 aromatic rings. The van der Waals surface area contributed by atoms with Gasteiger partial charge < -0.3 is 15.2 Å². The fraction of sp³-hybridized carbons (Fsp3) is 0.316. The number of hydrogen-bond donors (Lipinski definition) is 2. The van der Waals surface area contributed by atoms with E-state index in [1.54, 1.807) is 17.2 Å². The Labute approximate surface area is 146 Å². The van der Waals surface area contributed by atoms with Crippen LogP contribution in [-0.4, -0.2) is 40.6 Å². The summed E-state index contributed by atoms with van der Waals surface area (Å²) in [5.41, 5.74) is 1.70. The van der Waals surface area contributed by atoms with E-state index in [0.717, 1.165) is 5.69 Å². The Kier molecular flexibility index (Phi) is 4.97. The molecule has 2 N–H and O–H groups in total. The predicted molar refractivity (Wildman–Crippen MR) is 94.5 cm³/mol. The second-order valence-electron chi connectivity index (χ2n) is 6.28. The number of nitrogens with zero attached hydrogens (tertiary/aromatic N) is 1. The first-order valence-electron chi connectivity index (χ1n) is 8.39. The van der Waals surface area contributed by atoms with E-state index in [0.29, 0.717) is 37.2 Å². The van der Waals surface area contributed by atoms with Gasteiger partial charge in [0, 0.05) is 36.5 Å². The van der Waals surface area contributed by atoms with Gasteiger partial charge in [0.1, 0.15) is 5.69 Å². The molecule has 1 aromatic heterocycles. The minimum atomic E-state index is -0.130. The van der Waals surface area contributed by atoms with Crippen LogP contribution < -0.4 is 5.32 Å². The Morgan fingerprint density at radius 3 is 2.40 bits per heavy atom. The Morgan fingerprint density at radius 1 is 1.12 bits per heavy atom. The highest BCUT2D eigenvalue weighted by Gasteiger charge is 2.28. The summed E-state index contributed by atoms with van der Waals surface area (Å²) >= 11 is 0. The highest BCUT2D eigenvalue weighted by Crippen LogP contribution is 2.21. The van der Waals surface area contributed by atoms with Crippen LogP contribution in [0.2, 0.25) is 0 Å². The molecule has 0 spiro atoms. The van der Waals surface area contributed by atoms with Gasteiger partial charge in [0.15, 0.2) is 5.78 Å². The molecule has 2 heterocycles. The zero-order valence-corrected chi connectivity index (χ0v) is 14.1. The molecule has 3 rings (SSSR count). The average Bonchev–Trinajstić information content (AvgIpc) is 3.12. The van der Waals surface area contributed by atoms with Crippen LogP contribution in [0.3, 0.4) is 0 Å². The molecule has 1 aliphatic heterocycles. The van der Waals surface area contributed by atoms with Crippen LogP contribution in [0.5, 0.6) is 0 Å². The fourth-order valence-corrected chi connectivity index (χ4v) is 3.00. The average molecular weight is 339 g/mol. The van der Waals surface area contributed by atoms with Gasteiger partial charge in [0.25, 0.3) is 5.91 Å². The Balaban J connectivity index is 1.55. The summed E-state index contributed by atoms with van der Waals surface area (Å²) in [6, 6.07) is 10.9. The number of anilines is 1. The number of likely N-dealkylation sites (tertiary alicyclic amines) is 1. The minimum Gasteiger partial charge on any atom is -0.356 e. The third kappa shape index (κ3) is 3.96. The number of carbonyl (C=O) groups excluding carboxylic acids is 3. The number of piperidine rings is 1. The molecule has 1 saturated heterocycles. The molecular formula is C19H21N3O3. The van der Waals surface area contributed by atoms with Gasteiger partial charge in [0.2, 0.25) is 5.91 Å². The van der Waals surface area contributed by atoms with Crippen LogP contribution in [0, 0.1) is 5.92 Å². The van der Waals surface area contributed by atoms with E-state index in [4.69, 9.17) is 0 Å². The summed E-state index contributed by atoms with van der Waals surface area (Å²) in [7, 11) is 0. The van der Waals surface area contributed by atoms with Gasteiger partial charge in [-0.1, -0.05) is 18.2 Å². The first-order chi connectivity index (χ1) is 12.0. The lowest BCUT2D eigenvalue weighted by molar-refractivity contribution is -0.121. The monoisotopic (exact) mass is 339 g/mol. The van der Waals surface area contributed by atoms with Gasteiger partial charge in [0.05, 0.1) is 0 Å². The van der Waals surface area contributed by atoms with Crippen molar-refractivity contribution in [3.63, 3.8) is 0 Å². The predicted octanol–water partition coefficient (Wildman–Crippen LogP) is 2.71. The molecule has 6 heteroatoms. The number of carbonyl (C=O) groups is 3. The smallest absolute Gasteiger partial charge is 0.270 e. The number of aromatic nitrogens is 1. The molecule has 25 heavy (non-hydrogen) atoms. The van der Waals surface area contributed by atoms with Crippen LogP contribution in [0.15, 0.2) is 42.6 Å². The highest BCUT2D eigenvalue weighted by atomic mass is 16.2. The van der Waals surface area contributed by atoms with Crippen molar-refractivity contribution in [2.24, 2.45) is 5.92 Å². The molecule has 1 aliphatic rings. The Hall–Kier alpha value is -2.89. The van der Waals surface area contributed by atoms with Crippen molar-refractivity contribution < 1.29 is 14.4 Å². The Bertz CT molecular complexity index is 774. The second kappa shape index (κ2) is 7.34. The van der Waals surface area contributed by atoms with E-state index in [1.807, 2.05) is 30.3 Å². The number of benzene rings is 1. The summed E-state index contributed by atoms with van der Waals surface area (Å²) < 4.78 is 0. The third-order valence-electron chi connectivity index (χ3n) is 4.51. The van der Waals surface area contributed by atoms with Gasteiger partial charge in [-0.25, -0.2) is 0 Å². The molecule has 0 aliphatic carbocycles. The number of ketones is 1. The van der Waals surface area contributed by atoms with Crippen molar-refractivity contribution in [2.45, 2.75) is 19.8 Å². The first kappa shape index (κ1) is 17.0. The summed E-state index contributed by atoms with van der Waals surface area (Å²) in [6.45, 7) is 2.52. The van der Waals surface area contributed by atoms with Crippen LogP contribution in [0.1, 0.15) is 40.6 Å². The molecule has 6 nitrogen and oxygen atoms in total. The molecule has 0 radical (unpaired) electrons. The maximum absolute atomic E-state index is 12.5. The zero-order valence-electron chi connectivity index (χ0n) is 14.1.